The number of imidazole rings is 1. The van der Waals surface area contributed by atoms with E-state index in [0.717, 1.165) is 22.4 Å². The van der Waals surface area contributed by atoms with E-state index >= 15 is 0 Å². The first-order valence-corrected chi connectivity index (χ1v) is 28.0. The Morgan fingerprint density at radius 2 is 0.855 bits per heavy atom. The fourth-order valence-corrected chi connectivity index (χ4v) is 13.1. The van der Waals surface area contributed by atoms with Crippen molar-refractivity contribution in [1.82, 2.24) is 18.7 Å². The van der Waals surface area contributed by atoms with Gasteiger partial charge < -0.3 is 9.13 Å². The third-order valence-corrected chi connectivity index (χ3v) is 17.4. The molecule has 0 unspecified atom stereocenters. The van der Waals surface area contributed by atoms with E-state index in [2.05, 4.69) is 264 Å². The molecule has 0 bridgehead atoms. The first kappa shape index (κ1) is 48.5. The summed E-state index contributed by atoms with van der Waals surface area (Å²) in [6.45, 7) is 37.6. The molecule has 13 rings (SSSR count). The maximum Gasteiger partial charge on any atom is 0.252 e. The van der Waals surface area contributed by atoms with Gasteiger partial charge in [0.15, 0.2) is 0 Å². The van der Waals surface area contributed by atoms with Crippen LogP contribution in [0.2, 0.25) is 0 Å². The lowest BCUT2D eigenvalue weighted by molar-refractivity contribution is 0.590. The third kappa shape index (κ3) is 7.13. The lowest BCUT2D eigenvalue weighted by Crippen LogP contribution is -2.59. The van der Waals surface area contributed by atoms with Crippen LogP contribution in [-0.2, 0) is 21.7 Å². The van der Waals surface area contributed by atoms with E-state index in [1.165, 1.54) is 122 Å². The van der Waals surface area contributed by atoms with Gasteiger partial charge in [-0.1, -0.05) is 184 Å². The van der Waals surface area contributed by atoms with E-state index in [1.54, 1.807) is 0 Å². The van der Waals surface area contributed by atoms with E-state index < -0.39 is 0 Å². The van der Waals surface area contributed by atoms with Crippen LogP contribution < -0.4 is 16.4 Å². The largest absolute Gasteiger partial charge is 0.310 e. The predicted octanol–water partition coefficient (Wildman–Crippen LogP) is 17.1. The zero-order valence-corrected chi connectivity index (χ0v) is 47.8. The summed E-state index contributed by atoms with van der Waals surface area (Å²) >= 11 is 0. The fourth-order valence-electron chi connectivity index (χ4n) is 13.1. The normalized spacial score (nSPS) is 13.7. The van der Waals surface area contributed by atoms with Gasteiger partial charge in [-0.05, 0) is 161 Å². The maximum absolute atomic E-state index is 5.53. The smallest absolute Gasteiger partial charge is 0.252 e. The Balaban J connectivity index is 1.16. The minimum atomic E-state index is -0.0674. The molecule has 0 aliphatic carbocycles. The van der Waals surface area contributed by atoms with Gasteiger partial charge in [-0.25, -0.2) is 4.98 Å². The zero-order valence-electron chi connectivity index (χ0n) is 47.8. The van der Waals surface area contributed by atoms with Gasteiger partial charge in [0.1, 0.15) is 5.82 Å². The first-order valence-electron chi connectivity index (χ1n) is 28.0. The second kappa shape index (κ2) is 16.2. The van der Waals surface area contributed by atoms with E-state index in [1.807, 2.05) is 0 Å². The topological polar surface area (TPSA) is 27.7 Å². The molecule has 0 amide bonds. The second-order valence-corrected chi connectivity index (χ2v) is 27.4. The van der Waals surface area contributed by atoms with E-state index in [0.29, 0.717) is 11.8 Å². The number of hydrogen-bond acceptors (Lipinski definition) is 1. The minimum absolute atomic E-state index is 0.00773. The molecular formula is C71H73BN4. The molecule has 4 nitrogen and oxygen atoms in total. The van der Waals surface area contributed by atoms with Gasteiger partial charge in [0.25, 0.3) is 6.71 Å². The number of rotatable bonds is 5. The molecule has 8 aromatic carbocycles. The van der Waals surface area contributed by atoms with Gasteiger partial charge in [-0.15, -0.1) is 0 Å². The van der Waals surface area contributed by atoms with Crippen LogP contribution in [0.25, 0.3) is 94.2 Å². The Hall–Kier alpha value is -7.11. The average Bonchev–Trinajstić information content (AvgIpc) is 4.10. The van der Waals surface area contributed by atoms with Gasteiger partial charge in [0.2, 0.25) is 0 Å². The molecule has 0 saturated carbocycles. The summed E-state index contributed by atoms with van der Waals surface area (Å²) in [4.78, 5) is 5.53. The Morgan fingerprint density at radius 1 is 0.395 bits per heavy atom. The highest BCUT2D eigenvalue weighted by Gasteiger charge is 2.43. The summed E-state index contributed by atoms with van der Waals surface area (Å²) in [7, 11) is 0. The van der Waals surface area contributed by atoms with Crippen molar-refractivity contribution in [2.45, 2.75) is 144 Å². The van der Waals surface area contributed by atoms with Crippen molar-refractivity contribution in [1.29, 1.82) is 0 Å². The molecule has 5 heterocycles. The van der Waals surface area contributed by atoms with Crippen LogP contribution in [0.5, 0.6) is 0 Å². The Bertz CT molecular complexity index is 4060. The highest BCUT2D eigenvalue weighted by molar-refractivity contribution is 7.00. The monoisotopic (exact) mass is 993 g/mol. The van der Waals surface area contributed by atoms with E-state index in [4.69, 9.17) is 4.98 Å². The van der Waals surface area contributed by atoms with Crippen LogP contribution >= 0.6 is 0 Å². The minimum Gasteiger partial charge on any atom is -0.310 e. The molecule has 5 heteroatoms. The molecular weight excluding hydrogens is 920 g/mol. The first-order chi connectivity index (χ1) is 35.9. The SMILES string of the molecule is CC(C)c1cccc(C(C)C)c1-n1c(-c2cccc(-c3cc4c5c(c3)-n3c6ccc(C(C)(C)C)cc6c6cc(C(C)(C)C)cc(c63)B5c3cc(C(C)(C)C)cc5c6cc(C(C)(C)C)ccc6n-4c35)c2)nc2ccccc21. The van der Waals surface area contributed by atoms with Crippen molar-refractivity contribution >= 4 is 77.7 Å². The van der Waals surface area contributed by atoms with Crippen LogP contribution in [0.4, 0.5) is 0 Å². The Morgan fingerprint density at radius 3 is 1.34 bits per heavy atom. The zero-order chi connectivity index (χ0) is 53.4. The highest BCUT2D eigenvalue weighted by atomic mass is 15.1. The summed E-state index contributed by atoms with van der Waals surface area (Å²) in [5.41, 5.74) is 26.7. The molecule has 11 aromatic rings. The number of fused-ring (bicyclic) bond motifs is 11. The molecule has 0 spiro atoms. The maximum atomic E-state index is 5.53. The fraction of sp³-hybridized carbons (Fsp3) is 0.310. The molecule has 2 aliphatic rings. The molecule has 0 fully saturated rings. The van der Waals surface area contributed by atoms with Crippen molar-refractivity contribution in [2.75, 3.05) is 0 Å². The van der Waals surface area contributed by atoms with Crippen molar-refractivity contribution in [3.63, 3.8) is 0 Å². The Kier molecular flexibility index (Phi) is 10.4. The van der Waals surface area contributed by atoms with Gasteiger partial charge in [-0.2, -0.15) is 0 Å². The number of benzene rings is 8. The van der Waals surface area contributed by atoms with Crippen LogP contribution in [0, 0.1) is 0 Å². The highest BCUT2D eigenvalue weighted by Crippen LogP contribution is 2.45. The van der Waals surface area contributed by atoms with Crippen LogP contribution in [0.1, 0.15) is 156 Å². The number of nitrogens with zero attached hydrogens (tertiary/aromatic N) is 4. The van der Waals surface area contributed by atoms with Crippen LogP contribution in [0.15, 0.2) is 140 Å². The van der Waals surface area contributed by atoms with Crippen molar-refractivity contribution < 1.29 is 0 Å². The van der Waals surface area contributed by atoms with Crippen molar-refractivity contribution in [3.05, 3.63) is 173 Å². The van der Waals surface area contributed by atoms with Gasteiger partial charge in [0, 0.05) is 49.5 Å². The molecule has 0 atom stereocenters. The lowest BCUT2D eigenvalue weighted by Gasteiger charge is -2.36. The summed E-state index contributed by atoms with van der Waals surface area (Å²) in [5, 5.41) is 5.33. The molecule has 3 aromatic heterocycles. The van der Waals surface area contributed by atoms with Crippen LogP contribution in [-0.4, -0.2) is 25.4 Å². The quantitative estimate of drug-likeness (QED) is 0.158. The van der Waals surface area contributed by atoms with E-state index in [-0.39, 0.29) is 28.4 Å². The number of para-hydroxylation sites is 3. The predicted molar refractivity (Wildman–Crippen MR) is 328 cm³/mol. The summed E-state index contributed by atoms with van der Waals surface area (Å²) in [6, 6.07) is 54.8. The molecule has 76 heavy (non-hydrogen) atoms. The standard InChI is InChI=1S/C71H73BN4/c1-40(2)49-23-20-24-50(41(3)4)64(49)76-60-26-18-17-25-57(60)73-67(76)43-22-19-21-42(31-43)44-32-61-63-62(33-44)75-59-30-28-46(69(8,9)10)35-52(59)54-37-48(71(14,15)16)39-56(66(54)75)72(63)55-38-47(70(11,12)13)36-53-51-34-45(68(5,6)7)27-29-58(51)74(61)65(53)55/h17-41H,1-16H3. The average molecular weight is 993 g/mol. The second-order valence-electron chi connectivity index (χ2n) is 27.4. The van der Waals surface area contributed by atoms with Gasteiger partial charge >= 0.3 is 0 Å². The van der Waals surface area contributed by atoms with Gasteiger partial charge in [0.05, 0.1) is 27.8 Å². The van der Waals surface area contributed by atoms with Crippen LogP contribution in [0.3, 0.4) is 0 Å². The van der Waals surface area contributed by atoms with Crippen molar-refractivity contribution in [2.24, 2.45) is 0 Å². The number of aromatic nitrogens is 4. The molecule has 2 aliphatic heterocycles. The summed E-state index contributed by atoms with van der Waals surface area (Å²) in [6.07, 6.45) is 0. The van der Waals surface area contributed by atoms with E-state index in [9.17, 15) is 0 Å². The molecule has 380 valence electrons. The Labute approximate surface area is 450 Å². The summed E-state index contributed by atoms with van der Waals surface area (Å²) < 4.78 is 7.79. The van der Waals surface area contributed by atoms with Gasteiger partial charge in [-0.3, -0.25) is 4.57 Å². The summed E-state index contributed by atoms with van der Waals surface area (Å²) in [5.74, 6) is 1.62. The lowest BCUT2D eigenvalue weighted by atomic mass is 9.34. The third-order valence-electron chi connectivity index (χ3n) is 17.4. The molecule has 0 saturated heterocycles. The molecule has 0 N–H and O–H groups in total. The molecule has 0 radical (unpaired) electrons. The number of hydrogen-bond donors (Lipinski definition) is 0. The van der Waals surface area contributed by atoms with Crippen molar-refractivity contribution in [3.8, 4) is 39.6 Å².